The summed E-state index contributed by atoms with van der Waals surface area (Å²) in [4.78, 5) is 0. The second-order valence-corrected chi connectivity index (χ2v) is 3.67. The smallest absolute Gasteiger partial charge is 0.0586 e. The highest BCUT2D eigenvalue weighted by atomic mass is 16.5. The van der Waals surface area contributed by atoms with Crippen LogP contribution in [0.15, 0.2) is 0 Å². The van der Waals surface area contributed by atoms with Gasteiger partial charge in [0.2, 0.25) is 0 Å². The first kappa shape index (κ1) is 9.96. The van der Waals surface area contributed by atoms with Crippen molar-refractivity contribution in [3.63, 3.8) is 0 Å². The quantitative estimate of drug-likeness (QED) is 0.649. The number of nitrogens with two attached hydrogens (primary N) is 1. The topological polar surface area (TPSA) is 47.3 Å². The summed E-state index contributed by atoms with van der Waals surface area (Å²) in [6, 6.07) is 1.05. The summed E-state index contributed by atoms with van der Waals surface area (Å²) in [7, 11) is 1.79. The van der Waals surface area contributed by atoms with Crippen LogP contribution in [-0.2, 0) is 4.74 Å². The van der Waals surface area contributed by atoms with E-state index in [9.17, 15) is 0 Å². The van der Waals surface area contributed by atoms with Gasteiger partial charge in [-0.15, -0.1) is 0 Å². The fraction of sp³-hybridized carbons (Fsp3) is 1.00. The highest BCUT2D eigenvalue weighted by Gasteiger charge is 2.24. The average Bonchev–Trinajstić information content (AvgIpc) is 2.52. The van der Waals surface area contributed by atoms with Crippen LogP contribution >= 0.6 is 0 Å². The van der Waals surface area contributed by atoms with E-state index in [2.05, 4.69) is 12.2 Å². The van der Waals surface area contributed by atoms with Gasteiger partial charge >= 0.3 is 0 Å². The van der Waals surface area contributed by atoms with Gasteiger partial charge in [0, 0.05) is 25.7 Å². The van der Waals surface area contributed by atoms with Crippen LogP contribution in [0.2, 0.25) is 0 Å². The summed E-state index contributed by atoms with van der Waals surface area (Å²) >= 11 is 0. The minimum atomic E-state index is 0.436. The molecule has 0 aromatic rings. The summed E-state index contributed by atoms with van der Waals surface area (Å²) in [5.41, 5.74) is 5.52. The van der Waals surface area contributed by atoms with E-state index in [0.29, 0.717) is 24.7 Å². The van der Waals surface area contributed by atoms with Crippen molar-refractivity contribution in [3.05, 3.63) is 0 Å². The number of rotatable bonds is 4. The lowest BCUT2D eigenvalue weighted by Gasteiger charge is -2.17. The molecule has 3 nitrogen and oxygen atoms in total. The molecule has 0 aromatic heterocycles. The molecule has 12 heavy (non-hydrogen) atoms. The molecule has 0 aliphatic heterocycles. The Morgan fingerprint density at radius 3 is 2.83 bits per heavy atom. The van der Waals surface area contributed by atoms with E-state index in [4.69, 9.17) is 10.5 Å². The average molecular weight is 172 g/mol. The second kappa shape index (κ2) is 4.80. The highest BCUT2D eigenvalue weighted by Crippen LogP contribution is 2.21. The summed E-state index contributed by atoms with van der Waals surface area (Å²) in [6.07, 6.45) is 4.02. The third kappa shape index (κ3) is 2.73. The molecule has 1 fully saturated rings. The van der Waals surface area contributed by atoms with Gasteiger partial charge < -0.3 is 15.8 Å². The normalized spacial score (nSPS) is 32.2. The predicted octanol–water partition coefficient (Wildman–Crippen LogP) is 0.491. The number of ether oxygens (including phenoxy) is 1. The molecular formula is C9H20N2O. The Labute approximate surface area is 74.7 Å². The minimum Gasteiger partial charge on any atom is -0.381 e. The Kier molecular flexibility index (Phi) is 3.98. The van der Waals surface area contributed by atoms with Crippen LogP contribution in [0.3, 0.4) is 0 Å². The number of hydrogen-bond donors (Lipinski definition) is 2. The molecular weight excluding hydrogens is 152 g/mol. The van der Waals surface area contributed by atoms with Crippen LogP contribution in [0, 0.1) is 0 Å². The van der Waals surface area contributed by atoms with E-state index in [0.717, 1.165) is 6.42 Å². The first-order valence-corrected chi connectivity index (χ1v) is 4.75. The van der Waals surface area contributed by atoms with Crippen molar-refractivity contribution < 1.29 is 4.74 Å². The maximum absolute atomic E-state index is 5.52. The molecule has 1 saturated carbocycles. The molecule has 0 bridgehead atoms. The van der Waals surface area contributed by atoms with Crippen molar-refractivity contribution >= 4 is 0 Å². The van der Waals surface area contributed by atoms with E-state index >= 15 is 0 Å². The van der Waals surface area contributed by atoms with Gasteiger partial charge in [-0.1, -0.05) is 0 Å². The molecule has 3 heteroatoms. The fourth-order valence-electron chi connectivity index (χ4n) is 1.78. The molecule has 0 aromatic carbocycles. The zero-order chi connectivity index (χ0) is 8.97. The van der Waals surface area contributed by atoms with Crippen molar-refractivity contribution in [1.82, 2.24) is 5.32 Å². The maximum atomic E-state index is 5.52. The Morgan fingerprint density at radius 2 is 2.33 bits per heavy atom. The fourth-order valence-corrected chi connectivity index (χ4v) is 1.78. The van der Waals surface area contributed by atoms with E-state index < -0.39 is 0 Å². The highest BCUT2D eigenvalue weighted by molar-refractivity contribution is 4.82. The molecule has 0 heterocycles. The monoisotopic (exact) mass is 172 g/mol. The lowest BCUT2D eigenvalue weighted by molar-refractivity contribution is 0.106. The van der Waals surface area contributed by atoms with Crippen LogP contribution in [0.5, 0.6) is 0 Å². The SMILES string of the molecule is COC1CCC(NC(C)CN)C1. The summed E-state index contributed by atoms with van der Waals surface area (Å²) in [5.74, 6) is 0. The van der Waals surface area contributed by atoms with Gasteiger partial charge in [-0.25, -0.2) is 0 Å². The molecule has 72 valence electrons. The third-order valence-electron chi connectivity index (χ3n) is 2.59. The van der Waals surface area contributed by atoms with Crippen LogP contribution in [0.25, 0.3) is 0 Å². The molecule has 3 unspecified atom stereocenters. The summed E-state index contributed by atoms with van der Waals surface area (Å²) < 4.78 is 5.29. The molecule has 0 amide bonds. The van der Waals surface area contributed by atoms with E-state index in [1.165, 1.54) is 12.8 Å². The van der Waals surface area contributed by atoms with Crippen molar-refractivity contribution in [3.8, 4) is 0 Å². The minimum absolute atomic E-state index is 0.436. The van der Waals surface area contributed by atoms with Crippen molar-refractivity contribution in [1.29, 1.82) is 0 Å². The summed E-state index contributed by atoms with van der Waals surface area (Å²) in [5, 5.41) is 3.49. The molecule has 0 saturated heterocycles. The van der Waals surface area contributed by atoms with Crippen molar-refractivity contribution in [2.75, 3.05) is 13.7 Å². The Morgan fingerprint density at radius 1 is 1.58 bits per heavy atom. The number of hydrogen-bond acceptors (Lipinski definition) is 3. The van der Waals surface area contributed by atoms with Gasteiger partial charge in [0.15, 0.2) is 0 Å². The standard InChI is InChI=1S/C9H20N2O/c1-7(6-10)11-8-3-4-9(5-8)12-2/h7-9,11H,3-6,10H2,1-2H3. The lowest BCUT2D eigenvalue weighted by Crippen LogP contribution is -2.39. The van der Waals surface area contributed by atoms with E-state index in [1.807, 2.05) is 0 Å². The first-order valence-electron chi connectivity index (χ1n) is 4.75. The molecule has 0 radical (unpaired) electrons. The van der Waals surface area contributed by atoms with Crippen molar-refractivity contribution in [2.45, 2.75) is 44.4 Å². The van der Waals surface area contributed by atoms with Crippen molar-refractivity contribution in [2.24, 2.45) is 5.73 Å². The predicted molar refractivity (Wildman–Crippen MR) is 50.1 cm³/mol. The Bertz CT molecular complexity index is 130. The molecule has 3 N–H and O–H groups in total. The zero-order valence-electron chi connectivity index (χ0n) is 8.05. The first-order chi connectivity index (χ1) is 5.76. The second-order valence-electron chi connectivity index (χ2n) is 3.67. The third-order valence-corrected chi connectivity index (χ3v) is 2.59. The van der Waals surface area contributed by atoms with E-state index in [1.54, 1.807) is 7.11 Å². The van der Waals surface area contributed by atoms with Gasteiger partial charge in [-0.2, -0.15) is 0 Å². The maximum Gasteiger partial charge on any atom is 0.0586 e. The Hall–Kier alpha value is -0.120. The van der Waals surface area contributed by atoms with E-state index in [-0.39, 0.29) is 0 Å². The molecule has 1 aliphatic carbocycles. The molecule has 0 spiro atoms. The van der Waals surface area contributed by atoms with Crippen LogP contribution in [0.1, 0.15) is 26.2 Å². The summed E-state index contributed by atoms with van der Waals surface area (Å²) in [6.45, 7) is 2.84. The van der Waals surface area contributed by atoms with Gasteiger partial charge in [0.25, 0.3) is 0 Å². The zero-order valence-corrected chi connectivity index (χ0v) is 8.05. The van der Waals surface area contributed by atoms with Crippen LogP contribution in [0.4, 0.5) is 0 Å². The van der Waals surface area contributed by atoms with Crippen LogP contribution in [-0.4, -0.2) is 31.8 Å². The molecule has 3 atom stereocenters. The molecule has 1 aliphatic rings. The number of methoxy groups -OCH3 is 1. The van der Waals surface area contributed by atoms with Gasteiger partial charge in [-0.3, -0.25) is 0 Å². The van der Waals surface area contributed by atoms with Gasteiger partial charge in [-0.05, 0) is 26.2 Å². The molecule has 1 rings (SSSR count). The van der Waals surface area contributed by atoms with Gasteiger partial charge in [0.1, 0.15) is 0 Å². The lowest BCUT2D eigenvalue weighted by atomic mass is 10.2. The Balaban J connectivity index is 2.18. The largest absolute Gasteiger partial charge is 0.381 e. The number of nitrogens with one attached hydrogen (secondary N) is 1. The van der Waals surface area contributed by atoms with Gasteiger partial charge in [0.05, 0.1) is 6.10 Å². The van der Waals surface area contributed by atoms with Crippen LogP contribution < -0.4 is 11.1 Å².